The zero-order valence-corrected chi connectivity index (χ0v) is 10.9. The van der Waals surface area contributed by atoms with E-state index in [0.29, 0.717) is 5.92 Å². The molecule has 1 fully saturated rings. The summed E-state index contributed by atoms with van der Waals surface area (Å²) >= 11 is 3.45. The van der Waals surface area contributed by atoms with E-state index in [9.17, 15) is 5.26 Å². The molecule has 0 saturated heterocycles. The Morgan fingerprint density at radius 3 is 2.44 bits per heavy atom. The molecule has 2 unspecified atom stereocenters. The maximum atomic E-state index is 9.24. The minimum absolute atomic E-state index is 0.212. The predicted octanol–water partition coefficient (Wildman–Crippen LogP) is 4.64. The second-order valence-electron chi connectivity index (χ2n) is 4.53. The Balaban J connectivity index is 2.22. The first kappa shape index (κ1) is 11.7. The maximum Gasteiger partial charge on any atom is 0.0662 e. The van der Waals surface area contributed by atoms with E-state index in [-0.39, 0.29) is 5.92 Å². The van der Waals surface area contributed by atoms with Crippen LogP contribution in [0, 0.1) is 17.2 Å². The van der Waals surface area contributed by atoms with Crippen LogP contribution in [-0.2, 0) is 0 Å². The van der Waals surface area contributed by atoms with Crippen molar-refractivity contribution in [3.63, 3.8) is 0 Å². The van der Waals surface area contributed by atoms with Gasteiger partial charge in [-0.2, -0.15) is 5.26 Å². The zero-order chi connectivity index (χ0) is 11.4. The Morgan fingerprint density at radius 1 is 1.06 bits per heavy atom. The summed E-state index contributed by atoms with van der Waals surface area (Å²) in [6.07, 6.45) is 5.99. The Labute approximate surface area is 106 Å². The van der Waals surface area contributed by atoms with Crippen molar-refractivity contribution < 1.29 is 0 Å². The quantitative estimate of drug-likeness (QED) is 0.687. The third-order valence-electron chi connectivity index (χ3n) is 3.48. The lowest BCUT2D eigenvalue weighted by molar-refractivity contribution is 0.490. The van der Waals surface area contributed by atoms with E-state index in [1.54, 1.807) is 0 Å². The molecule has 0 aliphatic heterocycles. The van der Waals surface area contributed by atoms with Crippen LogP contribution >= 0.6 is 15.9 Å². The number of hydrogen-bond donors (Lipinski definition) is 0. The zero-order valence-electron chi connectivity index (χ0n) is 9.32. The Kier molecular flexibility index (Phi) is 4.01. The monoisotopic (exact) mass is 277 g/mol. The Hall–Kier alpha value is -0.810. The van der Waals surface area contributed by atoms with Crippen molar-refractivity contribution in [2.24, 2.45) is 5.92 Å². The molecule has 0 aromatic heterocycles. The summed E-state index contributed by atoms with van der Waals surface area (Å²) in [5, 5.41) is 9.24. The molecule has 2 rings (SSSR count). The molecular formula is C14H16BrN. The summed E-state index contributed by atoms with van der Waals surface area (Å²) in [7, 11) is 0. The van der Waals surface area contributed by atoms with Gasteiger partial charge in [0.05, 0.1) is 12.0 Å². The molecular weight excluding hydrogens is 262 g/mol. The van der Waals surface area contributed by atoms with Gasteiger partial charge in [0.2, 0.25) is 0 Å². The van der Waals surface area contributed by atoms with E-state index in [1.807, 2.05) is 0 Å². The number of nitrogens with zero attached hydrogens (tertiary/aromatic N) is 1. The van der Waals surface area contributed by atoms with E-state index in [1.165, 1.54) is 31.2 Å². The minimum Gasteiger partial charge on any atom is -0.198 e. The number of nitriles is 1. The largest absolute Gasteiger partial charge is 0.198 e. The lowest BCUT2D eigenvalue weighted by Gasteiger charge is -2.19. The lowest BCUT2D eigenvalue weighted by Crippen LogP contribution is -2.09. The molecule has 1 nitrogen and oxygen atoms in total. The van der Waals surface area contributed by atoms with Crippen molar-refractivity contribution in [3.8, 4) is 6.07 Å². The summed E-state index contributed by atoms with van der Waals surface area (Å²) in [5.74, 6) is 0.657. The molecule has 16 heavy (non-hydrogen) atoms. The van der Waals surface area contributed by atoms with E-state index < -0.39 is 0 Å². The molecule has 0 radical (unpaired) electrons. The molecule has 1 aromatic rings. The molecule has 0 bridgehead atoms. The first-order valence-electron chi connectivity index (χ1n) is 5.96. The van der Waals surface area contributed by atoms with Crippen LogP contribution in [0.4, 0.5) is 0 Å². The van der Waals surface area contributed by atoms with E-state index in [4.69, 9.17) is 0 Å². The molecule has 1 aliphatic carbocycles. The molecule has 0 heterocycles. The highest BCUT2D eigenvalue weighted by Gasteiger charge is 2.24. The topological polar surface area (TPSA) is 23.8 Å². The minimum atomic E-state index is 0.212. The van der Waals surface area contributed by atoms with Crippen LogP contribution in [0.2, 0.25) is 0 Å². The highest BCUT2D eigenvalue weighted by Crippen LogP contribution is 2.36. The average molecular weight is 278 g/mol. The third kappa shape index (κ3) is 2.65. The van der Waals surface area contributed by atoms with E-state index >= 15 is 0 Å². The standard InChI is InChI=1S/C14H16BrN/c15-13-8-6-11(7-9-13)14-5-3-1-2-4-12(14)10-16/h6-9,12,14H,1-5H2. The predicted molar refractivity (Wildman–Crippen MR) is 69.1 cm³/mol. The van der Waals surface area contributed by atoms with Gasteiger partial charge in [-0.3, -0.25) is 0 Å². The first-order valence-corrected chi connectivity index (χ1v) is 6.75. The van der Waals surface area contributed by atoms with Crippen molar-refractivity contribution >= 4 is 15.9 Å². The van der Waals surface area contributed by atoms with Crippen LogP contribution in [-0.4, -0.2) is 0 Å². The molecule has 84 valence electrons. The normalized spacial score (nSPS) is 25.8. The van der Waals surface area contributed by atoms with Gasteiger partial charge in [0, 0.05) is 4.47 Å². The number of benzene rings is 1. The Bertz CT molecular complexity index is 377. The molecule has 0 amide bonds. The fourth-order valence-electron chi connectivity index (χ4n) is 2.57. The molecule has 1 saturated carbocycles. The summed E-state index contributed by atoms with van der Waals surface area (Å²) in [5.41, 5.74) is 1.33. The molecule has 2 atom stereocenters. The van der Waals surface area contributed by atoms with Crippen molar-refractivity contribution in [2.75, 3.05) is 0 Å². The van der Waals surface area contributed by atoms with Crippen LogP contribution < -0.4 is 0 Å². The van der Waals surface area contributed by atoms with Gasteiger partial charge < -0.3 is 0 Å². The average Bonchev–Trinajstić information content (AvgIpc) is 2.55. The fourth-order valence-corrected chi connectivity index (χ4v) is 2.84. The van der Waals surface area contributed by atoms with Crippen molar-refractivity contribution in [1.29, 1.82) is 5.26 Å². The first-order chi connectivity index (χ1) is 7.81. The number of hydrogen-bond acceptors (Lipinski definition) is 1. The highest BCUT2D eigenvalue weighted by atomic mass is 79.9. The summed E-state index contributed by atoms with van der Waals surface area (Å²) < 4.78 is 1.11. The highest BCUT2D eigenvalue weighted by molar-refractivity contribution is 9.10. The smallest absolute Gasteiger partial charge is 0.0662 e. The van der Waals surface area contributed by atoms with Gasteiger partial charge in [-0.1, -0.05) is 47.3 Å². The molecule has 2 heteroatoms. The van der Waals surface area contributed by atoms with E-state index in [0.717, 1.165) is 10.9 Å². The maximum absolute atomic E-state index is 9.24. The molecule has 1 aromatic carbocycles. The van der Waals surface area contributed by atoms with Gasteiger partial charge in [0.25, 0.3) is 0 Å². The van der Waals surface area contributed by atoms with Crippen LogP contribution in [0.15, 0.2) is 28.7 Å². The van der Waals surface area contributed by atoms with Crippen molar-refractivity contribution in [2.45, 2.75) is 38.0 Å². The van der Waals surface area contributed by atoms with Gasteiger partial charge in [-0.15, -0.1) is 0 Å². The SMILES string of the molecule is N#CC1CCCCCC1c1ccc(Br)cc1. The molecule has 0 N–H and O–H groups in total. The van der Waals surface area contributed by atoms with Crippen LogP contribution in [0.25, 0.3) is 0 Å². The van der Waals surface area contributed by atoms with Crippen LogP contribution in [0.5, 0.6) is 0 Å². The third-order valence-corrected chi connectivity index (χ3v) is 4.01. The summed E-state index contributed by atoms with van der Waals surface area (Å²) in [6.45, 7) is 0. The van der Waals surface area contributed by atoms with E-state index in [2.05, 4.69) is 46.3 Å². The Morgan fingerprint density at radius 2 is 1.75 bits per heavy atom. The van der Waals surface area contributed by atoms with Gasteiger partial charge >= 0.3 is 0 Å². The van der Waals surface area contributed by atoms with Gasteiger partial charge in [-0.05, 0) is 36.5 Å². The van der Waals surface area contributed by atoms with Crippen LogP contribution in [0.1, 0.15) is 43.6 Å². The second kappa shape index (κ2) is 5.50. The molecule has 0 spiro atoms. The number of halogens is 1. The summed E-state index contributed by atoms with van der Waals surface area (Å²) in [4.78, 5) is 0. The number of rotatable bonds is 1. The lowest BCUT2D eigenvalue weighted by atomic mass is 9.83. The van der Waals surface area contributed by atoms with Crippen LogP contribution in [0.3, 0.4) is 0 Å². The van der Waals surface area contributed by atoms with Gasteiger partial charge in [0.1, 0.15) is 0 Å². The summed E-state index contributed by atoms with van der Waals surface area (Å²) in [6, 6.07) is 11.0. The molecule has 1 aliphatic rings. The second-order valence-corrected chi connectivity index (χ2v) is 5.45. The van der Waals surface area contributed by atoms with Crippen molar-refractivity contribution in [3.05, 3.63) is 34.3 Å². The van der Waals surface area contributed by atoms with Gasteiger partial charge in [0.15, 0.2) is 0 Å². The van der Waals surface area contributed by atoms with Gasteiger partial charge in [-0.25, -0.2) is 0 Å². The fraction of sp³-hybridized carbons (Fsp3) is 0.500. The van der Waals surface area contributed by atoms with Crippen molar-refractivity contribution in [1.82, 2.24) is 0 Å².